The van der Waals surface area contributed by atoms with Gasteiger partial charge in [0.25, 0.3) is 5.91 Å². The monoisotopic (exact) mass is 396 g/mol. The van der Waals surface area contributed by atoms with Crippen LogP contribution >= 0.6 is 11.6 Å². The summed E-state index contributed by atoms with van der Waals surface area (Å²) in [6.45, 7) is 1.52. The van der Waals surface area contributed by atoms with Crippen molar-refractivity contribution in [2.75, 3.05) is 10.6 Å². The van der Waals surface area contributed by atoms with Gasteiger partial charge >= 0.3 is 0 Å². The maximum Gasteiger partial charge on any atom is 0.257 e. The first kappa shape index (κ1) is 18.4. The third-order valence-corrected chi connectivity index (χ3v) is 4.96. The maximum absolute atomic E-state index is 12.3. The first-order valence-electron chi connectivity index (χ1n) is 9.37. The van der Waals surface area contributed by atoms with Gasteiger partial charge in [-0.05, 0) is 43.2 Å². The van der Waals surface area contributed by atoms with Crippen LogP contribution in [0, 0.1) is 0 Å². The molecule has 2 N–H and O–H groups in total. The van der Waals surface area contributed by atoms with Crippen LogP contribution in [-0.2, 0) is 19.5 Å². The summed E-state index contributed by atoms with van der Waals surface area (Å²) in [7, 11) is 0. The molecule has 1 amide bonds. The molecule has 0 fully saturated rings. The third kappa shape index (κ3) is 4.31. The van der Waals surface area contributed by atoms with Crippen LogP contribution < -0.4 is 10.6 Å². The maximum atomic E-state index is 12.3. The molecule has 1 aliphatic rings. The van der Waals surface area contributed by atoms with Gasteiger partial charge in [0.15, 0.2) is 5.82 Å². The molecule has 0 saturated heterocycles. The summed E-state index contributed by atoms with van der Waals surface area (Å²) < 4.78 is 2.20. The van der Waals surface area contributed by atoms with E-state index in [4.69, 9.17) is 11.6 Å². The molecule has 1 aliphatic heterocycles. The molecule has 0 atom stereocenters. The van der Waals surface area contributed by atoms with Gasteiger partial charge in [-0.15, -0.1) is 10.2 Å². The fourth-order valence-corrected chi connectivity index (χ4v) is 3.44. The van der Waals surface area contributed by atoms with Crippen LogP contribution in [0.1, 0.15) is 41.3 Å². The number of amides is 1. The van der Waals surface area contributed by atoms with Gasteiger partial charge in [-0.3, -0.25) is 4.79 Å². The molecule has 8 heteroatoms. The van der Waals surface area contributed by atoms with Crippen LogP contribution in [0.3, 0.4) is 0 Å². The number of rotatable bonds is 5. The standard InChI is InChI=1S/C20H21ClN6O/c21-15-5-4-6-16(11-15)24-20(28)14-8-9-17(22-12-14)23-13-19-26-25-18-7-2-1-3-10-27(18)19/h4-6,8-9,11-12H,1-3,7,10,13H2,(H,22,23)(H,24,28). The molecule has 0 radical (unpaired) electrons. The van der Waals surface area contributed by atoms with Crippen molar-refractivity contribution >= 4 is 29.0 Å². The Morgan fingerprint density at radius 1 is 1.14 bits per heavy atom. The zero-order valence-electron chi connectivity index (χ0n) is 15.4. The van der Waals surface area contributed by atoms with Gasteiger partial charge in [-0.2, -0.15) is 0 Å². The van der Waals surface area contributed by atoms with Crippen LogP contribution in [0.4, 0.5) is 11.5 Å². The summed E-state index contributed by atoms with van der Waals surface area (Å²) in [6.07, 6.45) is 6.10. The van der Waals surface area contributed by atoms with Crippen molar-refractivity contribution in [3.05, 3.63) is 64.8 Å². The summed E-state index contributed by atoms with van der Waals surface area (Å²) >= 11 is 5.94. The van der Waals surface area contributed by atoms with Gasteiger partial charge in [0, 0.05) is 29.9 Å². The Balaban J connectivity index is 1.37. The summed E-state index contributed by atoms with van der Waals surface area (Å²) in [5.41, 5.74) is 1.12. The number of pyridine rings is 1. The van der Waals surface area contributed by atoms with E-state index in [2.05, 4.69) is 30.4 Å². The number of aromatic nitrogens is 4. The topological polar surface area (TPSA) is 84.7 Å². The number of hydrogen-bond donors (Lipinski definition) is 2. The minimum Gasteiger partial charge on any atom is -0.363 e. The van der Waals surface area contributed by atoms with Crippen LogP contribution in [-0.4, -0.2) is 25.7 Å². The first-order valence-corrected chi connectivity index (χ1v) is 9.74. The van der Waals surface area contributed by atoms with E-state index in [-0.39, 0.29) is 5.91 Å². The van der Waals surface area contributed by atoms with E-state index in [1.165, 1.54) is 12.8 Å². The molecule has 3 heterocycles. The molecule has 1 aromatic carbocycles. The fourth-order valence-electron chi connectivity index (χ4n) is 3.25. The van der Waals surface area contributed by atoms with E-state index in [0.29, 0.717) is 28.6 Å². The Morgan fingerprint density at radius 3 is 2.89 bits per heavy atom. The number of benzene rings is 1. The lowest BCUT2D eigenvalue weighted by Crippen LogP contribution is -2.13. The summed E-state index contributed by atoms with van der Waals surface area (Å²) in [6, 6.07) is 10.5. The molecule has 0 saturated carbocycles. The molecule has 4 rings (SSSR count). The van der Waals surface area contributed by atoms with Crippen molar-refractivity contribution in [3.8, 4) is 0 Å². The fraction of sp³-hybridized carbons (Fsp3) is 0.300. The van der Waals surface area contributed by atoms with Crippen LogP contribution in [0.5, 0.6) is 0 Å². The molecular weight excluding hydrogens is 376 g/mol. The normalized spacial score (nSPS) is 13.5. The van der Waals surface area contributed by atoms with Crippen LogP contribution in [0.25, 0.3) is 0 Å². The molecule has 0 aliphatic carbocycles. The second-order valence-electron chi connectivity index (χ2n) is 6.74. The molecule has 28 heavy (non-hydrogen) atoms. The Morgan fingerprint density at radius 2 is 2.07 bits per heavy atom. The first-order chi connectivity index (χ1) is 13.7. The number of nitrogens with one attached hydrogen (secondary N) is 2. The van der Waals surface area contributed by atoms with E-state index in [1.807, 2.05) is 0 Å². The van der Waals surface area contributed by atoms with Crippen molar-refractivity contribution in [2.24, 2.45) is 0 Å². The average molecular weight is 397 g/mol. The highest BCUT2D eigenvalue weighted by Crippen LogP contribution is 2.17. The van der Waals surface area contributed by atoms with Gasteiger partial charge in [0.2, 0.25) is 0 Å². The molecule has 3 aromatic rings. The molecule has 0 spiro atoms. The Labute approximate surface area is 168 Å². The highest BCUT2D eigenvalue weighted by Gasteiger charge is 2.14. The lowest BCUT2D eigenvalue weighted by Gasteiger charge is -2.09. The van der Waals surface area contributed by atoms with Crippen molar-refractivity contribution in [1.29, 1.82) is 0 Å². The van der Waals surface area contributed by atoms with E-state index < -0.39 is 0 Å². The van der Waals surface area contributed by atoms with Crippen molar-refractivity contribution < 1.29 is 4.79 Å². The van der Waals surface area contributed by atoms with Crippen molar-refractivity contribution in [3.63, 3.8) is 0 Å². The van der Waals surface area contributed by atoms with E-state index in [0.717, 1.165) is 31.0 Å². The molecule has 0 bridgehead atoms. The Bertz CT molecular complexity index is 969. The lowest BCUT2D eigenvalue weighted by atomic mass is 10.2. The lowest BCUT2D eigenvalue weighted by molar-refractivity contribution is 0.102. The summed E-state index contributed by atoms with van der Waals surface area (Å²) in [5, 5.41) is 15.2. The van der Waals surface area contributed by atoms with Crippen LogP contribution in [0.2, 0.25) is 5.02 Å². The number of anilines is 2. The van der Waals surface area contributed by atoms with E-state index >= 15 is 0 Å². The second-order valence-corrected chi connectivity index (χ2v) is 7.18. The number of fused-ring (bicyclic) bond motifs is 1. The molecular formula is C20H21ClN6O. The smallest absolute Gasteiger partial charge is 0.257 e. The second kappa shape index (κ2) is 8.39. The third-order valence-electron chi connectivity index (χ3n) is 4.72. The minimum absolute atomic E-state index is 0.232. The van der Waals surface area contributed by atoms with Gasteiger partial charge in [0.1, 0.15) is 11.6 Å². The van der Waals surface area contributed by atoms with Crippen molar-refractivity contribution in [2.45, 2.75) is 38.8 Å². The largest absolute Gasteiger partial charge is 0.363 e. The quantitative estimate of drug-likeness (QED) is 0.682. The molecule has 0 unspecified atom stereocenters. The van der Waals surface area contributed by atoms with Crippen LogP contribution in [0.15, 0.2) is 42.6 Å². The zero-order valence-corrected chi connectivity index (χ0v) is 16.1. The number of aryl methyl sites for hydroxylation is 1. The summed E-state index contributed by atoms with van der Waals surface area (Å²) in [5.74, 6) is 2.44. The van der Waals surface area contributed by atoms with Crippen molar-refractivity contribution in [1.82, 2.24) is 19.7 Å². The number of carbonyl (C=O) groups is 1. The predicted octanol–water partition coefficient (Wildman–Crippen LogP) is 3.92. The summed E-state index contributed by atoms with van der Waals surface area (Å²) in [4.78, 5) is 16.7. The predicted molar refractivity (Wildman–Crippen MR) is 109 cm³/mol. The Hall–Kier alpha value is -2.93. The molecule has 2 aromatic heterocycles. The highest BCUT2D eigenvalue weighted by molar-refractivity contribution is 6.30. The number of halogens is 1. The van der Waals surface area contributed by atoms with E-state index in [9.17, 15) is 4.79 Å². The SMILES string of the molecule is O=C(Nc1cccc(Cl)c1)c1ccc(NCc2nnc3n2CCCCC3)nc1. The zero-order chi connectivity index (χ0) is 19.3. The number of hydrogen-bond acceptors (Lipinski definition) is 5. The number of carbonyl (C=O) groups excluding carboxylic acids is 1. The Kier molecular flexibility index (Phi) is 5.53. The van der Waals surface area contributed by atoms with Gasteiger partial charge in [-0.25, -0.2) is 4.98 Å². The molecule has 144 valence electrons. The average Bonchev–Trinajstić information content (AvgIpc) is 2.93. The number of nitrogens with zero attached hydrogens (tertiary/aromatic N) is 4. The van der Waals surface area contributed by atoms with Gasteiger partial charge in [-0.1, -0.05) is 24.1 Å². The minimum atomic E-state index is -0.232. The van der Waals surface area contributed by atoms with Gasteiger partial charge < -0.3 is 15.2 Å². The molecule has 7 nitrogen and oxygen atoms in total. The highest BCUT2D eigenvalue weighted by atomic mass is 35.5. The van der Waals surface area contributed by atoms with Gasteiger partial charge in [0.05, 0.1) is 12.1 Å². The van der Waals surface area contributed by atoms with E-state index in [1.54, 1.807) is 42.6 Å².